The number of nitrogens with one attached hydrogen (secondary N) is 1. The molecule has 4 rings (SSSR count). The number of aromatic amines is 1. The maximum Gasteiger partial charge on any atom is 0.197 e. The lowest BCUT2D eigenvalue weighted by Crippen LogP contribution is -2.04. The van der Waals surface area contributed by atoms with Crippen molar-refractivity contribution in [3.8, 4) is 17.2 Å². The number of benzene rings is 1. The summed E-state index contributed by atoms with van der Waals surface area (Å²) in [5.41, 5.74) is 3.31. The van der Waals surface area contributed by atoms with Crippen molar-refractivity contribution >= 4 is 21.8 Å². The molecule has 0 fully saturated rings. The lowest BCUT2D eigenvalue weighted by atomic mass is 10.1. The zero-order chi connectivity index (χ0) is 17.4. The second kappa shape index (κ2) is 6.36. The van der Waals surface area contributed by atoms with Crippen LogP contribution < -0.4 is 14.2 Å². The first-order chi connectivity index (χ1) is 12.2. The van der Waals surface area contributed by atoms with Gasteiger partial charge < -0.3 is 19.2 Å². The number of hydrogen-bond acceptors (Lipinski definition) is 6. The van der Waals surface area contributed by atoms with Gasteiger partial charge in [0.25, 0.3) is 0 Å². The topological polar surface area (TPSA) is 86.3 Å². The highest BCUT2D eigenvalue weighted by Gasteiger charge is 2.19. The molecule has 0 bridgehead atoms. The van der Waals surface area contributed by atoms with Crippen molar-refractivity contribution in [3.05, 3.63) is 35.7 Å². The van der Waals surface area contributed by atoms with Gasteiger partial charge in [-0.05, 0) is 11.6 Å². The van der Waals surface area contributed by atoms with Gasteiger partial charge in [0.2, 0.25) is 0 Å². The van der Waals surface area contributed by atoms with E-state index < -0.39 is 10.8 Å². The number of methoxy groups -OCH3 is 2. The Morgan fingerprint density at radius 2 is 2.20 bits per heavy atom. The third kappa shape index (κ3) is 2.82. The van der Waals surface area contributed by atoms with Crippen LogP contribution in [0.1, 0.15) is 11.3 Å². The van der Waals surface area contributed by atoms with Crippen molar-refractivity contribution in [2.24, 2.45) is 0 Å². The van der Waals surface area contributed by atoms with Crippen LogP contribution in [0.4, 0.5) is 0 Å². The van der Waals surface area contributed by atoms with Crippen molar-refractivity contribution in [1.29, 1.82) is 0 Å². The van der Waals surface area contributed by atoms with Crippen LogP contribution in [-0.2, 0) is 23.0 Å². The molecule has 25 heavy (non-hydrogen) atoms. The smallest absolute Gasteiger partial charge is 0.197 e. The normalized spacial score (nSPS) is 14.2. The van der Waals surface area contributed by atoms with Gasteiger partial charge in [-0.1, -0.05) is 0 Å². The van der Waals surface area contributed by atoms with Crippen LogP contribution in [0.15, 0.2) is 29.6 Å². The summed E-state index contributed by atoms with van der Waals surface area (Å²) in [5, 5.41) is 0.408. The second-order valence-corrected chi connectivity index (χ2v) is 6.97. The number of pyridine rings is 1. The Morgan fingerprint density at radius 3 is 3.00 bits per heavy atom. The number of aromatic nitrogens is 3. The molecule has 0 amide bonds. The molecule has 0 aliphatic carbocycles. The van der Waals surface area contributed by atoms with Crippen LogP contribution in [0.5, 0.6) is 17.2 Å². The molecule has 1 aromatic carbocycles. The molecule has 1 unspecified atom stereocenters. The lowest BCUT2D eigenvalue weighted by molar-refractivity contribution is 0.350. The number of H-pyrrole nitrogens is 1. The minimum absolute atomic E-state index is 0.177. The van der Waals surface area contributed by atoms with E-state index in [0.717, 1.165) is 28.8 Å². The number of hydrogen-bond donors (Lipinski definition) is 1. The molecule has 1 N–H and O–H groups in total. The molecule has 0 saturated heterocycles. The predicted octanol–water partition coefficient (Wildman–Crippen LogP) is 2.22. The van der Waals surface area contributed by atoms with Gasteiger partial charge in [0, 0.05) is 24.8 Å². The Balaban J connectivity index is 1.65. The fourth-order valence-corrected chi connectivity index (χ4v) is 3.93. The van der Waals surface area contributed by atoms with Crippen molar-refractivity contribution in [3.63, 3.8) is 0 Å². The van der Waals surface area contributed by atoms with Gasteiger partial charge in [-0.3, -0.25) is 9.19 Å². The first-order valence-corrected chi connectivity index (χ1v) is 9.11. The molecule has 3 aromatic rings. The molecular weight excluding hydrogens is 342 g/mol. The third-order valence-corrected chi connectivity index (χ3v) is 5.28. The molecule has 1 atom stereocenters. The summed E-state index contributed by atoms with van der Waals surface area (Å²) in [6, 6.07) is 5.60. The molecule has 7 nitrogen and oxygen atoms in total. The van der Waals surface area contributed by atoms with Gasteiger partial charge >= 0.3 is 0 Å². The van der Waals surface area contributed by atoms with Gasteiger partial charge in [0.05, 0.1) is 54.1 Å². The summed E-state index contributed by atoms with van der Waals surface area (Å²) in [4.78, 5) is 11.9. The Kier molecular flexibility index (Phi) is 4.04. The maximum absolute atomic E-state index is 12.8. The molecule has 0 spiro atoms. The highest BCUT2D eigenvalue weighted by Crippen LogP contribution is 2.32. The van der Waals surface area contributed by atoms with Gasteiger partial charge in [0.15, 0.2) is 16.7 Å². The molecule has 0 saturated carbocycles. The van der Waals surface area contributed by atoms with E-state index in [-0.39, 0.29) is 5.75 Å². The first kappa shape index (κ1) is 15.9. The zero-order valence-corrected chi connectivity index (χ0v) is 14.7. The maximum atomic E-state index is 12.8. The monoisotopic (exact) mass is 359 g/mol. The van der Waals surface area contributed by atoms with Crippen molar-refractivity contribution in [2.45, 2.75) is 17.3 Å². The average Bonchev–Trinajstić information content (AvgIpc) is 3.24. The predicted molar refractivity (Wildman–Crippen MR) is 92.7 cm³/mol. The summed E-state index contributed by atoms with van der Waals surface area (Å²) in [5.74, 6) is 2.08. The largest absolute Gasteiger partial charge is 0.493 e. The van der Waals surface area contributed by atoms with Crippen LogP contribution in [0.2, 0.25) is 0 Å². The summed E-state index contributed by atoms with van der Waals surface area (Å²) in [6.45, 7) is 0.696. The summed E-state index contributed by atoms with van der Waals surface area (Å²) < 4.78 is 28.9. The van der Waals surface area contributed by atoms with Gasteiger partial charge in [-0.25, -0.2) is 4.98 Å². The molecule has 130 valence electrons. The number of nitrogens with zero attached hydrogens (tertiary/aromatic N) is 2. The molecule has 8 heteroatoms. The molecule has 0 radical (unpaired) electrons. The van der Waals surface area contributed by atoms with E-state index in [2.05, 4.69) is 15.0 Å². The molecule has 3 heterocycles. The number of imidazole rings is 1. The van der Waals surface area contributed by atoms with Crippen LogP contribution in [0, 0.1) is 0 Å². The van der Waals surface area contributed by atoms with Crippen LogP contribution in [0.3, 0.4) is 0 Å². The molecular formula is C17H17N3O4S. The van der Waals surface area contributed by atoms with Crippen molar-refractivity contribution < 1.29 is 18.4 Å². The van der Waals surface area contributed by atoms with E-state index in [4.69, 9.17) is 14.2 Å². The van der Waals surface area contributed by atoms with Crippen molar-refractivity contribution in [1.82, 2.24) is 15.0 Å². The average molecular weight is 359 g/mol. The fraction of sp³-hybridized carbons (Fsp3) is 0.294. The number of ether oxygens (including phenoxy) is 3. The highest BCUT2D eigenvalue weighted by molar-refractivity contribution is 7.84. The van der Waals surface area contributed by atoms with Gasteiger partial charge in [-0.2, -0.15) is 0 Å². The van der Waals surface area contributed by atoms with Gasteiger partial charge in [0.1, 0.15) is 5.75 Å². The zero-order valence-electron chi connectivity index (χ0n) is 13.9. The van der Waals surface area contributed by atoms with E-state index in [1.54, 1.807) is 19.4 Å². The minimum atomic E-state index is -1.39. The standard InChI is InChI=1S/C17H17N3O4S/c1-22-14-3-5-18-13(16(14)23-2)9-25(21)17-19-11-7-10-4-6-24-15(10)8-12(11)20-17/h3,5,7-8H,4,6,9H2,1-2H3,(H,19,20). The number of rotatable bonds is 5. The Bertz CT molecular complexity index is 929. The van der Waals surface area contributed by atoms with E-state index >= 15 is 0 Å². The molecule has 1 aliphatic heterocycles. The quantitative estimate of drug-likeness (QED) is 0.752. The summed E-state index contributed by atoms with van der Waals surface area (Å²) in [7, 11) is 1.70. The van der Waals surface area contributed by atoms with E-state index in [9.17, 15) is 4.21 Å². The second-order valence-electron chi connectivity index (χ2n) is 5.60. The third-order valence-electron chi connectivity index (χ3n) is 4.12. The molecule has 1 aliphatic rings. The van der Waals surface area contributed by atoms with Crippen molar-refractivity contribution in [2.75, 3.05) is 20.8 Å². The van der Waals surface area contributed by atoms with E-state index in [1.807, 2.05) is 12.1 Å². The summed E-state index contributed by atoms with van der Waals surface area (Å²) in [6.07, 6.45) is 2.49. The highest BCUT2D eigenvalue weighted by atomic mass is 32.2. The lowest BCUT2D eigenvalue weighted by Gasteiger charge is -2.10. The Morgan fingerprint density at radius 1 is 1.32 bits per heavy atom. The van der Waals surface area contributed by atoms with Gasteiger partial charge in [-0.15, -0.1) is 0 Å². The fourth-order valence-electron chi connectivity index (χ4n) is 2.91. The first-order valence-electron chi connectivity index (χ1n) is 7.79. The van der Waals surface area contributed by atoms with E-state index in [0.29, 0.717) is 29.0 Å². The minimum Gasteiger partial charge on any atom is -0.493 e. The molecule has 2 aromatic heterocycles. The van der Waals surface area contributed by atoms with E-state index in [1.165, 1.54) is 7.11 Å². The van der Waals surface area contributed by atoms with Crippen LogP contribution in [0.25, 0.3) is 11.0 Å². The Labute approximate surface area is 146 Å². The Hall–Kier alpha value is -2.61. The van der Waals surface area contributed by atoms with Crippen LogP contribution >= 0.6 is 0 Å². The van der Waals surface area contributed by atoms with Crippen LogP contribution in [-0.4, -0.2) is 40.0 Å². The SMILES string of the molecule is COc1ccnc(CS(=O)c2nc3cc4c(cc3[nH]2)CCO4)c1OC. The summed E-state index contributed by atoms with van der Waals surface area (Å²) >= 11 is 0. The number of fused-ring (bicyclic) bond motifs is 2.